The van der Waals surface area contributed by atoms with Crippen molar-refractivity contribution >= 4 is 38.8 Å². The number of allylic oxidation sites excluding steroid dienone is 1. The van der Waals surface area contributed by atoms with Crippen LogP contribution in [0.4, 0.5) is 0 Å². The smallest absolute Gasteiger partial charge is 0.0542 e. The van der Waals surface area contributed by atoms with E-state index < -0.39 is 0 Å². The molecule has 4 nitrogen and oxygen atoms in total. The Kier molecular flexibility index (Phi) is 7.62. The van der Waals surface area contributed by atoms with Crippen molar-refractivity contribution in [3.63, 3.8) is 0 Å². The molecule has 4 aromatic heterocycles. The predicted octanol–water partition coefficient (Wildman–Crippen LogP) is 13.8. The van der Waals surface area contributed by atoms with Crippen molar-refractivity contribution in [3.05, 3.63) is 199 Å². The number of hydrogen-bond acceptors (Lipinski definition) is 0. The number of hydrogen-bond donors (Lipinski definition) is 0. The lowest BCUT2D eigenvalue weighted by Crippen LogP contribution is -2.03. The van der Waals surface area contributed by atoms with Crippen LogP contribution < -0.4 is 0 Å². The van der Waals surface area contributed by atoms with Gasteiger partial charge in [-0.2, -0.15) is 0 Å². The first kappa shape index (κ1) is 33.3. The third-order valence-corrected chi connectivity index (χ3v) is 12.0. The molecule has 1 aliphatic carbocycles. The molecule has 4 heteroatoms. The van der Waals surface area contributed by atoms with Crippen LogP contribution in [0.3, 0.4) is 0 Å². The number of nitrogens with zero attached hydrogens (tertiary/aromatic N) is 4. The monoisotopic (exact) mass is 734 g/mol. The van der Waals surface area contributed by atoms with Crippen LogP contribution in [-0.2, 0) is 0 Å². The molecule has 11 rings (SSSR count). The summed E-state index contributed by atoms with van der Waals surface area (Å²) in [6, 6.07) is 58.4. The third kappa shape index (κ3) is 5.51. The Morgan fingerprint density at radius 1 is 0.456 bits per heavy atom. The lowest BCUT2D eigenvalue weighted by Gasteiger charge is -2.17. The fourth-order valence-electron chi connectivity index (χ4n) is 8.96. The van der Waals surface area contributed by atoms with Crippen molar-refractivity contribution in [3.8, 4) is 45.3 Å². The van der Waals surface area contributed by atoms with E-state index >= 15 is 0 Å². The normalized spacial score (nSPS) is 13.9. The Morgan fingerprint density at radius 2 is 0.965 bits per heavy atom. The van der Waals surface area contributed by atoms with Gasteiger partial charge in [0.2, 0.25) is 0 Å². The molecule has 57 heavy (non-hydrogen) atoms. The lowest BCUT2D eigenvalue weighted by molar-refractivity contribution is 0.768. The van der Waals surface area contributed by atoms with Gasteiger partial charge in [0.15, 0.2) is 0 Å². The average Bonchev–Trinajstić information content (AvgIpc) is 4.04. The maximum absolute atomic E-state index is 2.44. The second-order valence-electron chi connectivity index (χ2n) is 15.8. The summed E-state index contributed by atoms with van der Waals surface area (Å²) in [6.07, 6.45) is 10.1. The summed E-state index contributed by atoms with van der Waals surface area (Å²) in [5.74, 6) is 0.539. The Hall–Kier alpha value is -7.04. The molecule has 0 amide bonds. The maximum atomic E-state index is 2.44. The number of benzene rings is 6. The molecule has 1 atom stereocenters. The van der Waals surface area contributed by atoms with Gasteiger partial charge in [-0.05, 0) is 145 Å². The Balaban J connectivity index is 1.08. The fourth-order valence-corrected chi connectivity index (χ4v) is 8.96. The SMILES string of the molecule is Cc1ccc(-c2cc3cc4c(cc(-c5ccc(C)cc5)n4-c4ccc(-n5ccc6ccccc65)cc4)cc3n2-c2ccc(-n3ccc4c3C=CCC4C)cc2)cc1. The number of para-hydroxylation sites is 1. The third-order valence-electron chi connectivity index (χ3n) is 12.0. The summed E-state index contributed by atoms with van der Waals surface area (Å²) >= 11 is 0. The van der Waals surface area contributed by atoms with E-state index in [0.29, 0.717) is 5.92 Å². The Labute approximate surface area is 332 Å². The maximum Gasteiger partial charge on any atom is 0.0542 e. The zero-order valence-electron chi connectivity index (χ0n) is 32.4. The van der Waals surface area contributed by atoms with Gasteiger partial charge in [0.1, 0.15) is 0 Å². The van der Waals surface area contributed by atoms with Gasteiger partial charge in [-0.25, -0.2) is 0 Å². The largest absolute Gasteiger partial charge is 0.317 e. The number of aromatic nitrogens is 4. The van der Waals surface area contributed by atoms with E-state index in [-0.39, 0.29) is 0 Å². The van der Waals surface area contributed by atoms with Gasteiger partial charge >= 0.3 is 0 Å². The highest BCUT2D eigenvalue weighted by molar-refractivity contribution is 6.02. The van der Waals surface area contributed by atoms with Crippen LogP contribution in [0.15, 0.2) is 176 Å². The van der Waals surface area contributed by atoms with E-state index in [1.165, 1.54) is 83.3 Å². The zero-order chi connectivity index (χ0) is 38.2. The predicted molar refractivity (Wildman–Crippen MR) is 239 cm³/mol. The van der Waals surface area contributed by atoms with Crippen molar-refractivity contribution in [1.82, 2.24) is 18.3 Å². The molecule has 274 valence electrons. The highest BCUT2D eigenvalue weighted by atomic mass is 15.0. The van der Waals surface area contributed by atoms with Gasteiger partial charge in [0.25, 0.3) is 0 Å². The summed E-state index contributed by atoms with van der Waals surface area (Å²) < 4.78 is 9.46. The van der Waals surface area contributed by atoms with E-state index in [2.05, 4.69) is 221 Å². The molecule has 0 aliphatic heterocycles. The van der Waals surface area contributed by atoms with Crippen molar-refractivity contribution in [2.24, 2.45) is 0 Å². The molecule has 10 aromatic rings. The van der Waals surface area contributed by atoms with Crippen molar-refractivity contribution < 1.29 is 0 Å². The molecule has 0 N–H and O–H groups in total. The first-order valence-electron chi connectivity index (χ1n) is 20.0. The molecule has 4 heterocycles. The first-order chi connectivity index (χ1) is 28.0. The van der Waals surface area contributed by atoms with Crippen LogP contribution in [-0.4, -0.2) is 18.3 Å². The highest BCUT2D eigenvalue weighted by Gasteiger charge is 2.20. The quantitative estimate of drug-likeness (QED) is 0.162. The number of aryl methyl sites for hydroxylation is 2. The van der Waals surface area contributed by atoms with E-state index in [4.69, 9.17) is 0 Å². The topological polar surface area (TPSA) is 19.7 Å². The minimum atomic E-state index is 0.539. The van der Waals surface area contributed by atoms with E-state index in [1.807, 2.05) is 0 Å². The second kappa shape index (κ2) is 13.0. The molecule has 0 fully saturated rings. The van der Waals surface area contributed by atoms with Gasteiger partial charge in [-0.1, -0.05) is 90.9 Å². The summed E-state index contributed by atoms with van der Waals surface area (Å²) in [5.41, 5.74) is 18.1. The Bertz CT molecular complexity index is 3140. The summed E-state index contributed by atoms with van der Waals surface area (Å²) in [7, 11) is 0. The molecule has 1 aliphatic rings. The van der Waals surface area contributed by atoms with Crippen LogP contribution in [0.2, 0.25) is 0 Å². The fraction of sp³-hybridized carbons (Fsp3) is 0.0943. The molecule has 0 spiro atoms. The second-order valence-corrected chi connectivity index (χ2v) is 15.8. The Morgan fingerprint density at radius 3 is 1.54 bits per heavy atom. The van der Waals surface area contributed by atoms with Crippen molar-refractivity contribution in [2.75, 3.05) is 0 Å². The molecular formula is C53H42N4. The standard InChI is InChI=1S/C53H42N4/c1-35-11-15-39(16-12-35)50-31-41-34-53-42(33-52(41)56(50)45-23-19-43(20-24-45)54-29-27-38-8-4-5-9-48(38)54)32-51(40-17-13-36(2)14-18-40)57(53)46-25-21-44(22-26-46)55-30-28-47-37(3)7-6-10-49(47)55/h4-6,8-34,37H,7H2,1-3H3. The molecule has 1 unspecified atom stereocenters. The molecule has 0 saturated carbocycles. The minimum absolute atomic E-state index is 0.539. The highest BCUT2D eigenvalue weighted by Crippen LogP contribution is 2.39. The molecular weight excluding hydrogens is 693 g/mol. The van der Waals surface area contributed by atoms with E-state index in [9.17, 15) is 0 Å². The molecule has 6 aromatic carbocycles. The van der Waals surface area contributed by atoms with Gasteiger partial charge < -0.3 is 18.3 Å². The van der Waals surface area contributed by atoms with Gasteiger partial charge in [-0.3, -0.25) is 0 Å². The molecule has 0 saturated heterocycles. The number of fused-ring (bicyclic) bond motifs is 4. The first-order valence-corrected chi connectivity index (χ1v) is 20.0. The summed E-state index contributed by atoms with van der Waals surface area (Å²) in [5, 5.41) is 3.64. The van der Waals surface area contributed by atoms with Crippen LogP contribution >= 0.6 is 0 Å². The molecule has 0 radical (unpaired) electrons. The van der Waals surface area contributed by atoms with Crippen LogP contribution in [0, 0.1) is 13.8 Å². The van der Waals surface area contributed by atoms with Crippen LogP contribution in [0.25, 0.3) is 84.0 Å². The van der Waals surface area contributed by atoms with E-state index in [0.717, 1.165) is 23.5 Å². The van der Waals surface area contributed by atoms with Crippen molar-refractivity contribution in [2.45, 2.75) is 33.1 Å². The van der Waals surface area contributed by atoms with E-state index in [1.54, 1.807) is 0 Å². The van der Waals surface area contributed by atoms with Crippen molar-refractivity contribution in [1.29, 1.82) is 0 Å². The van der Waals surface area contributed by atoms with Crippen LogP contribution in [0.1, 0.15) is 41.6 Å². The molecule has 0 bridgehead atoms. The van der Waals surface area contributed by atoms with Gasteiger partial charge in [-0.15, -0.1) is 0 Å². The van der Waals surface area contributed by atoms with Gasteiger partial charge in [0, 0.05) is 51.6 Å². The van der Waals surface area contributed by atoms with Crippen LogP contribution in [0.5, 0.6) is 0 Å². The minimum Gasteiger partial charge on any atom is -0.317 e. The summed E-state index contributed by atoms with van der Waals surface area (Å²) in [6.45, 7) is 6.62. The average molecular weight is 735 g/mol. The van der Waals surface area contributed by atoms with Gasteiger partial charge in [0.05, 0.1) is 27.9 Å². The lowest BCUT2D eigenvalue weighted by atomic mass is 9.93. The summed E-state index contributed by atoms with van der Waals surface area (Å²) in [4.78, 5) is 0. The number of rotatable bonds is 6. The zero-order valence-corrected chi connectivity index (χ0v) is 32.4.